The third-order valence-electron chi connectivity index (χ3n) is 6.01. The van der Waals surface area contributed by atoms with E-state index in [1.54, 1.807) is 0 Å². The summed E-state index contributed by atoms with van der Waals surface area (Å²) in [7, 11) is 2.08. The van der Waals surface area contributed by atoms with Crippen LogP contribution in [0.5, 0.6) is 0 Å². The smallest absolute Gasteiger partial charge is 0.129 e. The molecule has 1 aliphatic carbocycles. The van der Waals surface area contributed by atoms with Gasteiger partial charge in [-0.15, -0.1) is 0 Å². The second-order valence-electron chi connectivity index (χ2n) is 7.87. The zero-order valence-electron chi connectivity index (χ0n) is 17.7. The zero-order chi connectivity index (χ0) is 20.7. The minimum absolute atomic E-state index is 0.764. The van der Waals surface area contributed by atoms with Crippen LogP contribution in [-0.4, -0.2) is 24.5 Å². The van der Waals surface area contributed by atoms with Crippen molar-refractivity contribution in [2.75, 3.05) is 0 Å². The minimum atomic E-state index is 0.764. The molecule has 0 aliphatic heterocycles. The normalized spacial score (nSPS) is 13.5. The van der Waals surface area contributed by atoms with Crippen molar-refractivity contribution < 1.29 is 0 Å². The van der Waals surface area contributed by atoms with Crippen LogP contribution in [0.25, 0.3) is 34.1 Å². The topological polar surface area (TPSA) is 56.5 Å². The van der Waals surface area contributed by atoms with E-state index < -0.39 is 0 Å². The Morgan fingerprint density at radius 1 is 1.03 bits per heavy atom. The molecule has 0 amide bonds. The Morgan fingerprint density at radius 3 is 2.80 bits per heavy atom. The maximum atomic E-state index is 4.95. The van der Waals surface area contributed by atoms with Gasteiger partial charge in [0.2, 0.25) is 0 Å². The van der Waals surface area contributed by atoms with E-state index in [-0.39, 0.29) is 0 Å². The lowest BCUT2D eigenvalue weighted by Crippen LogP contribution is -2.33. The fourth-order valence-corrected chi connectivity index (χ4v) is 4.22. The molecule has 1 aromatic carbocycles. The first-order valence-corrected chi connectivity index (χ1v) is 10.6. The number of imidazole rings is 1. The van der Waals surface area contributed by atoms with Gasteiger partial charge in [-0.1, -0.05) is 24.6 Å². The molecule has 3 aromatic heterocycles. The van der Waals surface area contributed by atoms with Crippen LogP contribution in [0.1, 0.15) is 37.1 Å². The lowest BCUT2D eigenvalue weighted by molar-refractivity contribution is 0.751. The Hall–Kier alpha value is -3.34. The summed E-state index contributed by atoms with van der Waals surface area (Å²) in [6.07, 6.45) is 12.0. The van der Waals surface area contributed by atoms with E-state index in [1.807, 2.05) is 12.3 Å². The molecule has 0 spiro atoms. The summed E-state index contributed by atoms with van der Waals surface area (Å²) < 4.78 is 2.17. The summed E-state index contributed by atoms with van der Waals surface area (Å²) in [5.41, 5.74) is 5.60. The van der Waals surface area contributed by atoms with Gasteiger partial charge in [0.05, 0.1) is 21.9 Å². The van der Waals surface area contributed by atoms with Crippen molar-refractivity contribution in [2.24, 2.45) is 7.05 Å². The number of aryl methyl sites for hydroxylation is 4. The first-order valence-electron chi connectivity index (χ1n) is 10.6. The van der Waals surface area contributed by atoms with Crippen LogP contribution in [0, 0.1) is 6.92 Å². The fourth-order valence-electron chi connectivity index (χ4n) is 4.22. The summed E-state index contributed by atoms with van der Waals surface area (Å²) in [5.74, 6) is 1.92. The molecule has 0 saturated carbocycles. The highest BCUT2D eigenvalue weighted by Crippen LogP contribution is 2.24. The zero-order valence-corrected chi connectivity index (χ0v) is 17.7. The van der Waals surface area contributed by atoms with Crippen LogP contribution in [0.2, 0.25) is 0 Å². The number of hydrogen-bond donors (Lipinski definition) is 0. The lowest BCUT2D eigenvalue weighted by Gasteiger charge is -2.04. The van der Waals surface area contributed by atoms with Gasteiger partial charge in [0.1, 0.15) is 11.6 Å². The Balaban J connectivity index is 1.49. The predicted molar refractivity (Wildman–Crippen MR) is 121 cm³/mol. The molecule has 0 bridgehead atoms. The molecule has 1 aliphatic rings. The van der Waals surface area contributed by atoms with Crippen LogP contribution in [0.4, 0.5) is 0 Å². The Kier molecular flexibility index (Phi) is 4.66. The molecule has 0 N–H and O–H groups in total. The summed E-state index contributed by atoms with van der Waals surface area (Å²) in [6.45, 7) is 4.28. The Labute approximate surface area is 175 Å². The molecule has 30 heavy (non-hydrogen) atoms. The molecule has 5 rings (SSSR count). The Bertz CT molecular complexity index is 1430. The standard InChI is InChI=1S/C25H25N5/c1-4-17-7-9-18-16(2)27-23(28-21(18)10-8-17)13-14-24-29-25-19-6-5-15-26-20(19)11-12-22(25)30(24)3/h5-6,8-12,15H,4,7,13-14H2,1-3H3. The maximum Gasteiger partial charge on any atom is 0.129 e. The summed E-state index contributed by atoms with van der Waals surface area (Å²) >= 11 is 0. The minimum Gasteiger partial charge on any atom is -0.331 e. The van der Waals surface area contributed by atoms with Gasteiger partial charge >= 0.3 is 0 Å². The van der Waals surface area contributed by atoms with Crippen LogP contribution in [0.15, 0.2) is 42.1 Å². The average molecular weight is 396 g/mol. The SMILES string of the molecule is CCC1=CC=c2nc(CCc3nc4c5cccnc5ccc4n3C)nc(C)c2=CC1. The second-order valence-corrected chi connectivity index (χ2v) is 7.87. The van der Waals surface area contributed by atoms with Crippen molar-refractivity contribution in [3.05, 3.63) is 70.0 Å². The molecule has 3 heterocycles. The third kappa shape index (κ3) is 3.20. The van der Waals surface area contributed by atoms with Crippen molar-refractivity contribution >= 4 is 34.1 Å². The third-order valence-corrected chi connectivity index (χ3v) is 6.01. The monoisotopic (exact) mass is 395 g/mol. The number of pyridine rings is 1. The summed E-state index contributed by atoms with van der Waals surface area (Å²) in [5, 5.41) is 3.29. The molecule has 4 aromatic rings. The highest BCUT2D eigenvalue weighted by Gasteiger charge is 2.12. The van der Waals surface area contributed by atoms with Crippen molar-refractivity contribution in [3.8, 4) is 0 Å². The average Bonchev–Trinajstić information content (AvgIpc) is 2.94. The quantitative estimate of drug-likeness (QED) is 0.532. The molecule has 5 nitrogen and oxygen atoms in total. The van der Waals surface area contributed by atoms with Crippen LogP contribution in [-0.2, 0) is 19.9 Å². The molecule has 0 fully saturated rings. The lowest BCUT2D eigenvalue weighted by atomic mass is 10.1. The van der Waals surface area contributed by atoms with Gasteiger partial charge in [0.15, 0.2) is 0 Å². The number of fused-ring (bicyclic) bond motifs is 4. The van der Waals surface area contributed by atoms with Gasteiger partial charge in [-0.3, -0.25) is 4.98 Å². The molecule has 0 atom stereocenters. The van der Waals surface area contributed by atoms with Crippen molar-refractivity contribution in [2.45, 2.75) is 39.5 Å². The highest BCUT2D eigenvalue weighted by atomic mass is 15.1. The second kappa shape index (κ2) is 7.48. The van der Waals surface area contributed by atoms with Crippen LogP contribution < -0.4 is 10.6 Å². The molecule has 150 valence electrons. The van der Waals surface area contributed by atoms with Gasteiger partial charge in [-0.05, 0) is 50.1 Å². The first-order chi connectivity index (χ1) is 14.6. The number of nitrogens with zero attached hydrogens (tertiary/aromatic N) is 5. The van der Waals surface area contributed by atoms with E-state index in [2.05, 4.69) is 66.9 Å². The highest BCUT2D eigenvalue weighted by molar-refractivity contribution is 6.02. The van der Waals surface area contributed by atoms with E-state index in [0.29, 0.717) is 0 Å². The number of benzene rings is 1. The van der Waals surface area contributed by atoms with E-state index in [4.69, 9.17) is 15.0 Å². The Morgan fingerprint density at radius 2 is 1.93 bits per heavy atom. The fraction of sp³-hybridized carbons (Fsp3) is 0.280. The molecule has 0 saturated heterocycles. The predicted octanol–water partition coefficient (Wildman–Crippen LogP) is 3.31. The van der Waals surface area contributed by atoms with Crippen molar-refractivity contribution in [1.82, 2.24) is 24.5 Å². The maximum absolute atomic E-state index is 4.95. The van der Waals surface area contributed by atoms with Gasteiger partial charge in [-0.25, -0.2) is 15.0 Å². The number of allylic oxidation sites excluding steroid dienone is 2. The van der Waals surface area contributed by atoms with Crippen LogP contribution in [0.3, 0.4) is 0 Å². The molecule has 0 unspecified atom stereocenters. The summed E-state index contributed by atoms with van der Waals surface area (Å²) in [4.78, 5) is 19.1. The first kappa shape index (κ1) is 18.7. The van der Waals surface area contributed by atoms with E-state index in [9.17, 15) is 0 Å². The number of hydrogen-bond acceptors (Lipinski definition) is 4. The number of rotatable bonds is 4. The molecule has 0 radical (unpaired) electrons. The largest absolute Gasteiger partial charge is 0.331 e. The number of aromatic nitrogens is 5. The molecular weight excluding hydrogens is 370 g/mol. The van der Waals surface area contributed by atoms with Gasteiger partial charge < -0.3 is 4.57 Å². The van der Waals surface area contributed by atoms with Crippen LogP contribution >= 0.6 is 0 Å². The molecular formula is C25H25N5. The summed E-state index contributed by atoms with van der Waals surface area (Å²) in [6, 6.07) is 8.22. The van der Waals surface area contributed by atoms with E-state index in [0.717, 1.165) is 70.3 Å². The van der Waals surface area contributed by atoms with Crippen molar-refractivity contribution in [3.63, 3.8) is 0 Å². The van der Waals surface area contributed by atoms with Gasteiger partial charge in [0, 0.05) is 42.4 Å². The molecule has 5 heteroatoms. The van der Waals surface area contributed by atoms with E-state index in [1.165, 1.54) is 10.8 Å². The van der Waals surface area contributed by atoms with Crippen molar-refractivity contribution in [1.29, 1.82) is 0 Å². The van der Waals surface area contributed by atoms with Gasteiger partial charge in [-0.2, -0.15) is 0 Å². The van der Waals surface area contributed by atoms with Gasteiger partial charge in [0.25, 0.3) is 0 Å². The van der Waals surface area contributed by atoms with E-state index >= 15 is 0 Å².